The number of aryl methyl sites for hydroxylation is 1. The summed E-state index contributed by atoms with van der Waals surface area (Å²) in [6.07, 6.45) is 0. The number of hydrogen-bond acceptors (Lipinski definition) is 2. The van der Waals surface area contributed by atoms with Crippen LogP contribution in [0.25, 0.3) is 0 Å². The highest BCUT2D eigenvalue weighted by Gasteiger charge is 2.21. The van der Waals surface area contributed by atoms with Crippen LogP contribution < -0.4 is 0 Å². The Hall–Kier alpha value is -1.61. The predicted octanol–water partition coefficient (Wildman–Crippen LogP) is 3.27. The molecule has 2 aromatic rings. The van der Waals surface area contributed by atoms with Crippen molar-refractivity contribution in [3.8, 4) is 0 Å². The topological polar surface area (TPSA) is 37.3 Å². The Labute approximate surface area is 98.2 Å². The molecule has 0 amide bonds. The molecule has 1 aromatic carbocycles. The van der Waals surface area contributed by atoms with Gasteiger partial charge in [-0.2, -0.15) is 11.3 Å². The molecule has 82 valence electrons. The normalized spacial score (nSPS) is 12.3. The van der Waals surface area contributed by atoms with Crippen molar-refractivity contribution in [3.05, 3.63) is 57.8 Å². The van der Waals surface area contributed by atoms with Crippen molar-refractivity contribution in [2.75, 3.05) is 0 Å². The Morgan fingerprint density at radius 2 is 1.88 bits per heavy atom. The highest BCUT2D eigenvalue weighted by molar-refractivity contribution is 7.08. The molecule has 2 nitrogen and oxygen atoms in total. The summed E-state index contributed by atoms with van der Waals surface area (Å²) in [7, 11) is 0. The van der Waals surface area contributed by atoms with Gasteiger partial charge in [-0.15, -0.1) is 0 Å². The lowest BCUT2D eigenvalue weighted by atomic mass is 9.93. The Kier molecular flexibility index (Phi) is 3.06. The van der Waals surface area contributed by atoms with Crippen molar-refractivity contribution in [2.24, 2.45) is 0 Å². The highest BCUT2D eigenvalue weighted by Crippen LogP contribution is 2.26. The number of carboxylic acids is 1. The third-order valence-corrected chi connectivity index (χ3v) is 3.24. The summed E-state index contributed by atoms with van der Waals surface area (Å²) in [4.78, 5) is 11.3. The molecule has 0 bridgehead atoms. The van der Waals surface area contributed by atoms with Crippen LogP contribution >= 0.6 is 11.3 Å². The van der Waals surface area contributed by atoms with E-state index in [4.69, 9.17) is 0 Å². The minimum Gasteiger partial charge on any atom is -0.481 e. The molecule has 0 saturated carbocycles. The molecule has 0 aliphatic rings. The van der Waals surface area contributed by atoms with Gasteiger partial charge in [0, 0.05) is 0 Å². The number of thiophene rings is 1. The van der Waals surface area contributed by atoms with Crippen LogP contribution in [0.3, 0.4) is 0 Å². The molecule has 2 rings (SSSR count). The maximum atomic E-state index is 11.3. The van der Waals surface area contributed by atoms with Gasteiger partial charge >= 0.3 is 5.97 Å². The zero-order valence-corrected chi connectivity index (χ0v) is 9.70. The van der Waals surface area contributed by atoms with Crippen molar-refractivity contribution < 1.29 is 9.90 Å². The molecular weight excluding hydrogens is 220 g/mol. The summed E-state index contributed by atoms with van der Waals surface area (Å²) >= 11 is 1.52. The van der Waals surface area contributed by atoms with E-state index in [0.717, 1.165) is 16.7 Å². The second-order valence-electron chi connectivity index (χ2n) is 3.74. The van der Waals surface area contributed by atoms with E-state index in [1.54, 1.807) is 0 Å². The molecule has 16 heavy (non-hydrogen) atoms. The molecule has 1 atom stereocenters. The second kappa shape index (κ2) is 4.49. The lowest BCUT2D eigenvalue weighted by molar-refractivity contribution is -0.137. The number of aliphatic carboxylic acids is 1. The molecule has 0 fully saturated rings. The lowest BCUT2D eigenvalue weighted by Gasteiger charge is -2.11. The lowest BCUT2D eigenvalue weighted by Crippen LogP contribution is -2.12. The first-order chi connectivity index (χ1) is 7.68. The summed E-state index contributed by atoms with van der Waals surface area (Å²) in [6, 6.07) is 9.51. The number of carbonyl (C=O) groups is 1. The summed E-state index contributed by atoms with van der Waals surface area (Å²) in [6.45, 7) is 1.99. The van der Waals surface area contributed by atoms with Crippen molar-refractivity contribution in [2.45, 2.75) is 12.8 Å². The maximum absolute atomic E-state index is 11.3. The van der Waals surface area contributed by atoms with Crippen molar-refractivity contribution in [1.82, 2.24) is 0 Å². The molecule has 1 unspecified atom stereocenters. The van der Waals surface area contributed by atoms with Gasteiger partial charge in [-0.05, 0) is 34.9 Å². The molecule has 3 heteroatoms. The Bertz CT molecular complexity index is 471. The Morgan fingerprint density at radius 1 is 1.19 bits per heavy atom. The van der Waals surface area contributed by atoms with E-state index in [2.05, 4.69) is 0 Å². The fourth-order valence-electron chi connectivity index (χ4n) is 1.68. The van der Waals surface area contributed by atoms with Gasteiger partial charge in [-0.25, -0.2) is 0 Å². The minimum atomic E-state index is -0.803. The van der Waals surface area contributed by atoms with Crippen molar-refractivity contribution in [1.29, 1.82) is 0 Å². The van der Waals surface area contributed by atoms with Crippen LogP contribution in [0.4, 0.5) is 0 Å². The predicted molar refractivity (Wildman–Crippen MR) is 65.0 cm³/mol. The zero-order valence-electron chi connectivity index (χ0n) is 8.88. The molecular formula is C13H12O2S. The van der Waals surface area contributed by atoms with E-state index < -0.39 is 11.9 Å². The first-order valence-electron chi connectivity index (χ1n) is 5.00. The van der Waals surface area contributed by atoms with Gasteiger partial charge in [-0.3, -0.25) is 4.79 Å². The van der Waals surface area contributed by atoms with Gasteiger partial charge in [0.1, 0.15) is 5.92 Å². The fourth-order valence-corrected chi connectivity index (χ4v) is 2.36. The first kappa shape index (κ1) is 10.9. The van der Waals surface area contributed by atoms with Gasteiger partial charge < -0.3 is 5.11 Å². The van der Waals surface area contributed by atoms with Crippen LogP contribution in [0.15, 0.2) is 41.1 Å². The van der Waals surface area contributed by atoms with Crippen LogP contribution in [-0.2, 0) is 4.79 Å². The van der Waals surface area contributed by atoms with E-state index >= 15 is 0 Å². The summed E-state index contributed by atoms with van der Waals surface area (Å²) < 4.78 is 0. The molecule has 1 N–H and O–H groups in total. The van der Waals surface area contributed by atoms with E-state index in [0.29, 0.717) is 0 Å². The Morgan fingerprint density at radius 3 is 2.38 bits per heavy atom. The van der Waals surface area contributed by atoms with E-state index in [1.165, 1.54) is 11.3 Å². The fraction of sp³-hybridized carbons (Fsp3) is 0.154. The first-order valence-corrected chi connectivity index (χ1v) is 5.94. The second-order valence-corrected chi connectivity index (χ2v) is 4.52. The van der Waals surface area contributed by atoms with Gasteiger partial charge in [-0.1, -0.05) is 29.8 Å². The molecule has 0 aliphatic heterocycles. The third kappa shape index (κ3) is 2.14. The quantitative estimate of drug-likeness (QED) is 0.881. The monoisotopic (exact) mass is 232 g/mol. The van der Waals surface area contributed by atoms with Crippen LogP contribution in [0.5, 0.6) is 0 Å². The number of hydrogen-bond donors (Lipinski definition) is 1. The number of benzene rings is 1. The van der Waals surface area contributed by atoms with Gasteiger partial charge in [0.25, 0.3) is 0 Å². The van der Waals surface area contributed by atoms with E-state index in [1.807, 2.05) is 48.0 Å². The zero-order chi connectivity index (χ0) is 11.5. The molecule has 1 aromatic heterocycles. The van der Waals surface area contributed by atoms with Crippen molar-refractivity contribution >= 4 is 17.3 Å². The van der Waals surface area contributed by atoms with Crippen LogP contribution in [-0.4, -0.2) is 11.1 Å². The van der Waals surface area contributed by atoms with E-state index in [-0.39, 0.29) is 0 Å². The standard InChI is InChI=1S/C13H12O2S/c1-9-2-4-10(5-3-9)12(13(14)15)11-6-7-16-8-11/h2-8,12H,1H3,(H,14,15). The minimum absolute atomic E-state index is 0.549. The largest absolute Gasteiger partial charge is 0.481 e. The van der Waals surface area contributed by atoms with E-state index in [9.17, 15) is 9.90 Å². The molecule has 0 aliphatic carbocycles. The highest BCUT2D eigenvalue weighted by atomic mass is 32.1. The number of rotatable bonds is 3. The van der Waals surface area contributed by atoms with Gasteiger partial charge in [0.15, 0.2) is 0 Å². The third-order valence-electron chi connectivity index (χ3n) is 2.53. The van der Waals surface area contributed by atoms with Crippen molar-refractivity contribution in [3.63, 3.8) is 0 Å². The van der Waals surface area contributed by atoms with Crippen LogP contribution in [0.1, 0.15) is 22.6 Å². The molecule has 0 spiro atoms. The number of carboxylic acid groups (broad SMARTS) is 1. The SMILES string of the molecule is Cc1ccc(C(C(=O)O)c2ccsc2)cc1. The Balaban J connectivity index is 2.41. The maximum Gasteiger partial charge on any atom is 0.315 e. The summed E-state index contributed by atoms with van der Waals surface area (Å²) in [5.74, 6) is -1.35. The molecule has 0 saturated heterocycles. The average Bonchev–Trinajstić information content (AvgIpc) is 2.74. The molecule has 1 heterocycles. The van der Waals surface area contributed by atoms with Gasteiger partial charge in [0.2, 0.25) is 0 Å². The van der Waals surface area contributed by atoms with Gasteiger partial charge in [0.05, 0.1) is 0 Å². The van der Waals surface area contributed by atoms with Crippen LogP contribution in [0.2, 0.25) is 0 Å². The summed E-state index contributed by atoms with van der Waals surface area (Å²) in [5, 5.41) is 13.1. The summed E-state index contributed by atoms with van der Waals surface area (Å²) in [5.41, 5.74) is 2.82. The molecule has 0 radical (unpaired) electrons. The van der Waals surface area contributed by atoms with Crippen LogP contribution in [0, 0.1) is 6.92 Å². The smallest absolute Gasteiger partial charge is 0.315 e. The average molecular weight is 232 g/mol.